The highest BCUT2D eigenvalue weighted by Gasteiger charge is 2.30. The van der Waals surface area contributed by atoms with Crippen molar-refractivity contribution in [2.45, 2.75) is 77.2 Å². The standard InChI is InChI=1S/C22H37NO3/c1-17(2)6-3-4-13-26-21-10-9-18(14-20(21)25)11-12-22(23,16-24)15-19-7-5-8-19/h9-10,14,17,19,24-25H,3-8,11-13,15-16,23H2,1-2H3. The fraction of sp³-hybridized carbons (Fsp3) is 0.727. The Morgan fingerprint density at radius 1 is 1.27 bits per heavy atom. The quantitative estimate of drug-likeness (QED) is 0.481. The van der Waals surface area contributed by atoms with Gasteiger partial charge < -0.3 is 20.7 Å². The van der Waals surface area contributed by atoms with Crippen LogP contribution < -0.4 is 10.5 Å². The van der Waals surface area contributed by atoms with Gasteiger partial charge in [-0.3, -0.25) is 0 Å². The first-order valence-corrected chi connectivity index (χ1v) is 10.3. The normalized spacial score (nSPS) is 17.1. The molecule has 0 spiro atoms. The molecule has 1 atom stereocenters. The van der Waals surface area contributed by atoms with Gasteiger partial charge in [0.05, 0.1) is 13.2 Å². The van der Waals surface area contributed by atoms with E-state index >= 15 is 0 Å². The van der Waals surface area contributed by atoms with Crippen LogP contribution in [0.2, 0.25) is 0 Å². The SMILES string of the molecule is CC(C)CCCCOc1ccc(CCC(N)(CO)CC2CCC2)cc1O. The van der Waals surface area contributed by atoms with Crippen LogP contribution in [0.25, 0.3) is 0 Å². The summed E-state index contributed by atoms with van der Waals surface area (Å²) in [5.41, 5.74) is 6.93. The molecule has 1 aromatic carbocycles. The molecule has 1 unspecified atom stereocenters. The molecule has 1 aliphatic carbocycles. The lowest BCUT2D eigenvalue weighted by Crippen LogP contribution is -2.46. The first-order valence-electron chi connectivity index (χ1n) is 10.3. The van der Waals surface area contributed by atoms with Crippen LogP contribution in [0.15, 0.2) is 18.2 Å². The molecule has 26 heavy (non-hydrogen) atoms. The van der Waals surface area contributed by atoms with Crippen molar-refractivity contribution < 1.29 is 14.9 Å². The van der Waals surface area contributed by atoms with Gasteiger partial charge >= 0.3 is 0 Å². The number of phenolic OH excluding ortho intramolecular Hbond substituents is 1. The highest BCUT2D eigenvalue weighted by atomic mass is 16.5. The molecule has 0 aromatic heterocycles. The van der Waals surface area contributed by atoms with E-state index in [0.717, 1.165) is 43.6 Å². The molecule has 2 rings (SSSR count). The van der Waals surface area contributed by atoms with Gasteiger partial charge in [-0.1, -0.05) is 45.6 Å². The summed E-state index contributed by atoms with van der Waals surface area (Å²) in [6.45, 7) is 5.11. The van der Waals surface area contributed by atoms with E-state index in [1.165, 1.54) is 25.7 Å². The van der Waals surface area contributed by atoms with Crippen molar-refractivity contribution in [3.8, 4) is 11.5 Å². The predicted molar refractivity (Wildman–Crippen MR) is 107 cm³/mol. The number of aryl methyl sites for hydroxylation is 1. The van der Waals surface area contributed by atoms with E-state index in [1.54, 1.807) is 6.07 Å². The summed E-state index contributed by atoms with van der Waals surface area (Å²) in [5.74, 6) is 2.14. The van der Waals surface area contributed by atoms with Gasteiger partial charge in [0.1, 0.15) is 0 Å². The Labute approximate surface area is 158 Å². The first kappa shape index (κ1) is 21.0. The van der Waals surface area contributed by atoms with Gasteiger partial charge in [-0.05, 0) is 61.6 Å². The fourth-order valence-electron chi connectivity index (χ4n) is 3.59. The van der Waals surface area contributed by atoms with E-state index in [0.29, 0.717) is 18.3 Å². The molecule has 1 aliphatic rings. The smallest absolute Gasteiger partial charge is 0.160 e. The third kappa shape index (κ3) is 6.81. The van der Waals surface area contributed by atoms with Gasteiger partial charge in [-0.15, -0.1) is 0 Å². The fourth-order valence-corrected chi connectivity index (χ4v) is 3.59. The van der Waals surface area contributed by atoms with Crippen LogP contribution in [-0.4, -0.2) is 29.0 Å². The van der Waals surface area contributed by atoms with Gasteiger partial charge in [0, 0.05) is 5.54 Å². The second-order valence-corrected chi connectivity index (χ2v) is 8.56. The zero-order valence-electron chi connectivity index (χ0n) is 16.5. The molecular formula is C22H37NO3. The third-order valence-corrected chi connectivity index (χ3v) is 5.60. The van der Waals surface area contributed by atoms with Crippen molar-refractivity contribution in [1.82, 2.24) is 0 Å². The van der Waals surface area contributed by atoms with Crippen molar-refractivity contribution in [3.63, 3.8) is 0 Å². The minimum atomic E-state index is -0.508. The second-order valence-electron chi connectivity index (χ2n) is 8.56. The molecule has 0 aliphatic heterocycles. The van der Waals surface area contributed by atoms with Crippen LogP contribution in [0.1, 0.15) is 70.8 Å². The number of aliphatic hydroxyl groups excluding tert-OH is 1. The maximum atomic E-state index is 10.2. The number of phenols is 1. The maximum Gasteiger partial charge on any atom is 0.160 e. The number of unbranched alkanes of at least 4 members (excludes halogenated alkanes) is 1. The summed E-state index contributed by atoms with van der Waals surface area (Å²) < 4.78 is 5.70. The number of aliphatic hydroxyl groups is 1. The highest BCUT2D eigenvalue weighted by molar-refractivity contribution is 5.41. The lowest BCUT2D eigenvalue weighted by atomic mass is 9.75. The minimum Gasteiger partial charge on any atom is -0.504 e. The monoisotopic (exact) mass is 363 g/mol. The zero-order valence-corrected chi connectivity index (χ0v) is 16.5. The summed E-state index contributed by atoms with van der Waals surface area (Å²) in [7, 11) is 0. The number of aromatic hydroxyl groups is 1. The summed E-state index contributed by atoms with van der Waals surface area (Å²) in [6.07, 6.45) is 9.52. The van der Waals surface area contributed by atoms with Gasteiger partial charge in [0.25, 0.3) is 0 Å². The van der Waals surface area contributed by atoms with E-state index in [4.69, 9.17) is 10.5 Å². The molecule has 1 saturated carbocycles. The topological polar surface area (TPSA) is 75.7 Å². The number of hydrogen-bond donors (Lipinski definition) is 3. The molecule has 4 N–H and O–H groups in total. The summed E-state index contributed by atoms with van der Waals surface area (Å²) >= 11 is 0. The summed E-state index contributed by atoms with van der Waals surface area (Å²) in [5, 5.41) is 19.9. The second kappa shape index (κ2) is 10.2. The van der Waals surface area contributed by atoms with Crippen molar-refractivity contribution in [3.05, 3.63) is 23.8 Å². The van der Waals surface area contributed by atoms with Crippen molar-refractivity contribution >= 4 is 0 Å². The Morgan fingerprint density at radius 2 is 2.04 bits per heavy atom. The number of rotatable bonds is 12. The maximum absolute atomic E-state index is 10.2. The first-order chi connectivity index (χ1) is 12.4. The lowest BCUT2D eigenvalue weighted by Gasteiger charge is -2.35. The number of ether oxygens (including phenoxy) is 1. The van der Waals surface area contributed by atoms with Gasteiger partial charge in [0.15, 0.2) is 11.5 Å². The average Bonchev–Trinajstić information content (AvgIpc) is 2.57. The molecule has 0 heterocycles. The van der Waals surface area contributed by atoms with Crippen LogP contribution in [-0.2, 0) is 6.42 Å². The molecule has 0 saturated heterocycles. The molecule has 1 fully saturated rings. The van der Waals surface area contributed by atoms with Gasteiger partial charge in [-0.25, -0.2) is 0 Å². The molecule has 148 valence electrons. The Hall–Kier alpha value is -1.26. The molecule has 4 heteroatoms. The predicted octanol–water partition coefficient (Wildman–Crippen LogP) is 4.41. The molecule has 4 nitrogen and oxygen atoms in total. The summed E-state index contributed by atoms with van der Waals surface area (Å²) in [6, 6.07) is 5.60. The Kier molecular flexibility index (Phi) is 8.23. The zero-order chi connectivity index (χ0) is 19.0. The molecule has 0 radical (unpaired) electrons. The number of benzene rings is 1. The van der Waals surface area contributed by atoms with Crippen molar-refractivity contribution in [2.75, 3.05) is 13.2 Å². The molecule has 1 aromatic rings. The van der Waals surface area contributed by atoms with E-state index in [-0.39, 0.29) is 12.4 Å². The van der Waals surface area contributed by atoms with E-state index in [1.807, 2.05) is 12.1 Å². The Balaban J connectivity index is 1.78. The molecule has 0 bridgehead atoms. The minimum absolute atomic E-state index is 0.0209. The Morgan fingerprint density at radius 3 is 2.62 bits per heavy atom. The highest BCUT2D eigenvalue weighted by Crippen LogP contribution is 2.35. The summed E-state index contributed by atoms with van der Waals surface area (Å²) in [4.78, 5) is 0. The third-order valence-electron chi connectivity index (χ3n) is 5.60. The van der Waals surface area contributed by atoms with Gasteiger partial charge in [-0.2, -0.15) is 0 Å². The van der Waals surface area contributed by atoms with E-state index in [9.17, 15) is 10.2 Å². The lowest BCUT2D eigenvalue weighted by molar-refractivity contribution is 0.135. The van der Waals surface area contributed by atoms with Crippen molar-refractivity contribution in [1.29, 1.82) is 0 Å². The average molecular weight is 364 g/mol. The van der Waals surface area contributed by atoms with Gasteiger partial charge in [0.2, 0.25) is 0 Å². The van der Waals surface area contributed by atoms with Crippen molar-refractivity contribution in [2.24, 2.45) is 17.6 Å². The van der Waals surface area contributed by atoms with Crippen LogP contribution in [0.5, 0.6) is 11.5 Å². The number of hydrogen-bond acceptors (Lipinski definition) is 4. The number of nitrogens with two attached hydrogens (primary N) is 1. The molecular weight excluding hydrogens is 326 g/mol. The van der Waals surface area contributed by atoms with Crippen LogP contribution in [0, 0.1) is 11.8 Å². The van der Waals surface area contributed by atoms with Crippen LogP contribution in [0.4, 0.5) is 0 Å². The molecule has 0 amide bonds. The Bertz CT molecular complexity index is 542. The van der Waals surface area contributed by atoms with E-state index in [2.05, 4.69) is 13.8 Å². The van der Waals surface area contributed by atoms with Crippen LogP contribution >= 0.6 is 0 Å². The van der Waals surface area contributed by atoms with E-state index < -0.39 is 5.54 Å². The van der Waals surface area contributed by atoms with Crippen LogP contribution in [0.3, 0.4) is 0 Å². The largest absolute Gasteiger partial charge is 0.504 e.